The molecule has 1 saturated carbocycles. The summed E-state index contributed by atoms with van der Waals surface area (Å²) < 4.78 is 40.0. The van der Waals surface area contributed by atoms with Crippen molar-refractivity contribution in [3.05, 3.63) is 71.9 Å². The topological polar surface area (TPSA) is 54.2 Å². The highest BCUT2D eigenvalue weighted by Gasteiger charge is 2.26. The van der Waals surface area contributed by atoms with Crippen molar-refractivity contribution in [2.45, 2.75) is 48.3 Å². The molecule has 2 heterocycles. The molecule has 4 aromatic rings. The van der Waals surface area contributed by atoms with Gasteiger partial charge in [0.1, 0.15) is 10.0 Å². The number of aryl methyl sites for hydroxylation is 1. The first-order chi connectivity index (χ1) is 17.3. The molecule has 1 fully saturated rings. The minimum absolute atomic E-state index is 0.250. The lowest BCUT2D eigenvalue weighted by Crippen LogP contribution is -2.25. The molecule has 0 saturated heterocycles. The van der Waals surface area contributed by atoms with E-state index in [0.29, 0.717) is 22.4 Å². The van der Waals surface area contributed by atoms with Crippen LogP contribution in [-0.4, -0.2) is 38.3 Å². The van der Waals surface area contributed by atoms with E-state index < -0.39 is 12.6 Å². The van der Waals surface area contributed by atoms with Crippen LogP contribution in [0.3, 0.4) is 0 Å². The van der Waals surface area contributed by atoms with Gasteiger partial charge in [-0.2, -0.15) is 18.3 Å². The van der Waals surface area contributed by atoms with E-state index in [1.165, 1.54) is 11.8 Å². The third kappa shape index (κ3) is 5.82. The molecule has 0 atom stereocenters. The van der Waals surface area contributed by atoms with Gasteiger partial charge in [0.15, 0.2) is 5.65 Å². The third-order valence-corrected chi connectivity index (χ3v) is 7.07. The molecule has 186 valence electrons. The first-order valence-corrected chi connectivity index (χ1v) is 12.8. The number of rotatable bonds is 8. The summed E-state index contributed by atoms with van der Waals surface area (Å²) in [4.78, 5) is 6.22. The second-order valence-corrected chi connectivity index (χ2v) is 10.3. The summed E-state index contributed by atoms with van der Waals surface area (Å²) in [5.41, 5.74) is 4.62. The molecule has 36 heavy (non-hydrogen) atoms. The van der Waals surface area contributed by atoms with Gasteiger partial charge < -0.3 is 10.6 Å². The first-order valence-electron chi connectivity index (χ1n) is 11.6. The molecule has 2 aromatic heterocycles. The van der Waals surface area contributed by atoms with Crippen LogP contribution in [0.5, 0.6) is 0 Å². The Balaban J connectivity index is 1.50. The average Bonchev–Trinajstić information content (AvgIpc) is 3.54. The van der Waals surface area contributed by atoms with Crippen LogP contribution in [0.15, 0.2) is 70.7 Å². The lowest BCUT2D eigenvalue weighted by Gasteiger charge is -2.13. The molecule has 0 amide bonds. The number of fused-ring (bicyclic) bond motifs is 1. The highest BCUT2D eigenvalue weighted by molar-refractivity contribution is 7.99. The van der Waals surface area contributed by atoms with E-state index in [-0.39, 0.29) is 6.54 Å². The van der Waals surface area contributed by atoms with Crippen LogP contribution in [0.4, 0.5) is 18.9 Å². The van der Waals surface area contributed by atoms with Crippen molar-refractivity contribution in [2.24, 2.45) is 0 Å². The summed E-state index contributed by atoms with van der Waals surface area (Å²) in [7, 11) is 0. The van der Waals surface area contributed by atoms with Crippen molar-refractivity contribution in [1.82, 2.24) is 19.9 Å². The van der Waals surface area contributed by atoms with Gasteiger partial charge in [-0.25, -0.2) is 9.50 Å². The molecule has 5 rings (SSSR count). The van der Waals surface area contributed by atoms with E-state index in [4.69, 9.17) is 17.3 Å². The molecule has 0 spiro atoms. The predicted octanol–water partition coefficient (Wildman–Crippen LogP) is 6.65. The maximum Gasteiger partial charge on any atom is 0.390 e. The molecular formula is C26H24F3N5S2. The van der Waals surface area contributed by atoms with Crippen LogP contribution in [-0.2, 0) is 0 Å². The quantitative estimate of drug-likeness (QED) is 0.250. The van der Waals surface area contributed by atoms with E-state index >= 15 is 0 Å². The molecule has 0 radical (unpaired) electrons. The van der Waals surface area contributed by atoms with Crippen molar-refractivity contribution in [3.8, 4) is 11.3 Å². The van der Waals surface area contributed by atoms with Crippen LogP contribution < -0.4 is 10.6 Å². The number of nitrogens with one attached hydrogen (secondary N) is 2. The smallest absolute Gasteiger partial charge is 0.382 e. The first kappa shape index (κ1) is 24.6. The van der Waals surface area contributed by atoms with E-state index in [2.05, 4.69) is 15.6 Å². The highest BCUT2D eigenvalue weighted by atomic mass is 32.2. The van der Waals surface area contributed by atoms with Crippen LogP contribution in [0.1, 0.15) is 30.4 Å². The Morgan fingerprint density at radius 2 is 1.92 bits per heavy atom. The van der Waals surface area contributed by atoms with Gasteiger partial charge in [0.05, 0.1) is 24.0 Å². The van der Waals surface area contributed by atoms with Crippen molar-refractivity contribution in [3.63, 3.8) is 0 Å². The summed E-state index contributed by atoms with van der Waals surface area (Å²) >= 11 is 7.01. The lowest BCUT2D eigenvalue weighted by atomic mass is 10.0. The molecule has 10 heteroatoms. The Morgan fingerprint density at radius 3 is 2.61 bits per heavy atom. The highest BCUT2D eigenvalue weighted by Crippen LogP contribution is 2.32. The summed E-state index contributed by atoms with van der Waals surface area (Å²) in [5, 5.41) is 11.7. The number of nitrogens with zero attached hydrogens (tertiary/aromatic N) is 3. The molecule has 0 aliphatic heterocycles. The van der Waals surface area contributed by atoms with Gasteiger partial charge in [0.25, 0.3) is 0 Å². The number of thiocarbonyl (C=S) groups is 1. The Hall–Kier alpha value is -3.11. The largest absolute Gasteiger partial charge is 0.390 e. The zero-order valence-electron chi connectivity index (χ0n) is 19.5. The zero-order valence-corrected chi connectivity index (χ0v) is 21.1. The number of aromatic nitrogens is 3. The molecule has 2 N–H and O–H groups in total. The van der Waals surface area contributed by atoms with Gasteiger partial charge in [-0.1, -0.05) is 54.3 Å². The maximum absolute atomic E-state index is 12.8. The fraction of sp³-hybridized carbons (Fsp3) is 0.269. The minimum Gasteiger partial charge on any atom is -0.382 e. The van der Waals surface area contributed by atoms with E-state index in [1.807, 2.05) is 55.5 Å². The summed E-state index contributed by atoms with van der Waals surface area (Å²) in [6, 6.07) is 17.9. The summed E-state index contributed by atoms with van der Waals surface area (Å²) in [6.07, 6.45) is -1.19. The normalized spacial score (nSPS) is 13.7. The van der Waals surface area contributed by atoms with Crippen molar-refractivity contribution in [2.75, 3.05) is 11.9 Å². The maximum atomic E-state index is 12.8. The second-order valence-electron chi connectivity index (χ2n) is 8.76. The summed E-state index contributed by atoms with van der Waals surface area (Å²) in [6.45, 7) is 1.76. The van der Waals surface area contributed by atoms with Crippen molar-refractivity contribution >= 4 is 40.3 Å². The second kappa shape index (κ2) is 10.1. The monoisotopic (exact) mass is 527 g/mol. The molecule has 1 aliphatic carbocycles. The van der Waals surface area contributed by atoms with Gasteiger partial charge in [0.2, 0.25) is 0 Å². The Morgan fingerprint density at radius 1 is 1.14 bits per heavy atom. The molecule has 5 nitrogen and oxygen atoms in total. The van der Waals surface area contributed by atoms with Crippen molar-refractivity contribution < 1.29 is 13.2 Å². The third-order valence-electron chi connectivity index (χ3n) is 5.81. The Kier molecular flexibility index (Phi) is 6.90. The number of hydrogen-bond donors (Lipinski definition) is 2. The number of anilines is 1. The summed E-state index contributed by atoms with van der Waals surface area (Å²) in [5.74, 6) is 0. The predicted molar refractivity (Wildman–Crippen MR) is 141 cm³/mol. The Bertz CT molecular complexity index is 1400. The van der Waals surface area contributed by atoms with Crippen LogP contribution >= 0.6 is 24.0 Å². The van der Waals surface area contributed by atoms with Crippen molar-refractivity contribution in [1.29, 1.82) is 0 Å². The number of hydrogen-bond acceptors (Lipinski definition) is 5. The van der Waals surface area contributed by atoms with Gasteiger partial charge in [-0.05, 0) is 49.6 Å². The molecule has 1 aliphatic rings. The molecule has 0 unspecified atom stereocenters. The Labute approximate surface area is 216 Å². The fourth-order valence-corrected chi connectivity index (χ4v) is 5.07. The van der Waals surface area contributed by atoms with Gasteiger partial charge >= 0.3 is 6.18 Å². The minimum atomic E-state index is -4.24. The van der Waals surface area contributed by atoms with Gasteiger partial charge in [-0.3, -0.25) is 0 Å². The molecule has 0 bridgehead atoms. The van der Waals surface area contributed by atoms with E-state index in [0.717, 1.165) is 45.1 Å². The number of halogens is 3. The van der Waals surface area contributed by atoms with Gasteiger partial charge in [-0.15, -0.1) is 0 Å². The van der Waals surface area contributed by atoms with Crippen LogP contribution in [0, 0.1) is 6.92 Å². The average molecular weight is 528 g/mol. The molecular weight excluding hydrogens is 503 g/mol. The van der Waals surface area contributed by atoms with E-state index in [1.54, 1.807) is 16.8 Å². The lowest BCUT2D eigenvalue weighted by molar-refractivity contribution is -0.131. The van der Waals surface area contributed by atoms with Crippen LogP contribution in [0.2, 0.25) is 0 Å². The number of benzene rings is 2. The van der Waals surface area contributed by atoms with E-state index in [9.17, 15) is 13.2 Å². The fourth-order valence-electron chi connectivity index (χ4n) is 3.84. The zero-order chi connectivity index (χ0) is 25.3. The number of alkyl halides is 3. The molecule has 2 aromatic carbocycles. The number of imidazole rings is 1. The van der Waals surface area contributed by atoms with Crippen LogP contribution in [0.25, 0.3) is 16.9 Å². The van der Waals surface area contributed by atoms with Gasteiger partial charge in [0, 0.05) is 28.6 Å². The standard InChI is InChI=1S/C26H24F3N5S2/c1-16-13-17(7-10-20(16)25(35)32-18-8-9-18)22-15-31-24-21(30-12-11-26(27,28)29)14-23(33-34(22)24)36-19-5-3-2-4-6-19/h2-7,10,13-15,18,30H,8-9,11-12H2,1H3,(H,32,35). The SMILES string of the molecule is Cc1cc(-c2cnc3c(NCCC(F)(F)F)cc(Sc4ccccc4)nn23)ccc1C(=S)NC1CC1.